The summed E-state index contributed by atoms with van der Waals surface area (Å²) >= 11 is 0. The van der Waals surface area contributed by atoms with Gasteiger partial charge in [-0.05, 0) is 12.8 Å². The van der Waals surface area contributed by atoms with Crippen LogP contribution in [0.2, 0.25) is 0 Å². The third-order valence-electron chi connectivity index (χ3n) is 15.2. The van der Waals surface area contributed by atoms with E-state index in [2.05, 4.69) is 13.8 Å². The summed E-state index contributed by atoms with van der Waals surface area (Å²) in [4.78, 5) is 25.7. The largest absolute Gasteiger partial charge is 0.462 e. The Bertz CT molecular complexity index is 1350. The van der Waals surface area contributed by atoms with Crippen LogP contribution in [0.5, 0.6) is 0 Å². The van der Waals surface area contributed by atoms with Gasteiger partial charge in [0.05, 0.1) is 6.61 Å². The average Bonchev–Trinajstić information content (AvgIpc) is 3.37. The fraction of sp³-hybridized carbons (Fsp3) is 0.967. The molecule has 6 atom stereocenters. The van der Waals surface area contributed by atoms with Crippen molar-refractivity contribution in [2.45, 2.75) is 359 Å². The quantitative estimate of drug-likeness (QED) is 0.0257. The first-order chi connectivity index (χ1) is 36.0. The molecule has 1 saturated heterocycles. The number of ether oxygens (including phenoxy) is 4. The van der Waals surface area contributed by atoms with Gasteiger partial charge in [-0.3, -0.25) is 14.1 Å². The van der Waals surface area contributed by atoms with E-state index >= 15 is 0 Å². The van der Waals surface area contributed by atoms with Crippen LogP contribution >= 0.6 is 0 Å². The van der Waals surface area contributed by atoms with Gasteiger partial charge in [-0.2, -0.15) is 8.42 Å². The van der Waals surface area contributed by atoms with Crippen LogP contribution in [0.3, 0.4) is 0 Å². The maximum absolute atomic E-state index is 13.0. The molecular formula is C61H118O12S. The van der Waals surface area contributed by atoms with E-state index in [1.54, 1.807) is 0 Å². The summed E-state index contributed by atoms with van der Waals surface area (Å²) < 4.78 is 54.5. The predicted octanol–water partition coefficient (Wildman–Crippen LogP) is 15.9. The van der Waals surface area contributed by atoms with Gasteiger partial charge in [0.1, 0.15) is 36.8 Å². The topological polar surface area (TPSA) is 186 Å². The van der Waals surface area contributed by atoms with Crippen LogP contribution < -0.4 is 0 Å². The lowest BCUT2D eigenvalue weighted by Gasteiger charge is -2.40. The van der Waals surface area contributed by atoms with Gasteiger partial charge in [-0.1, -0.05) is 296 Å². The van der Waals surface area contributed by atoms with Crippen molar-refractivity contribution in [3.63, 3.8) is 0 Å². The van der Waals surface area contributed by atoms with Crippen LogP contribution in [0.25, 0.3) is 0 Å². The molecule has 0 saturated carbocycles. The lowest BCUT2D eigenvalue weighted by molar-refractivity contribution is -0.297. The van der Waals surface area contributed by atoms with Gasteiger partial charge < -0.3 is 34.3 Å². The van der Waals surface area contributed by atoms with E-state index in [1.807, 2.05) is 0 Å². The normalized spacial score (nSPS) is 18.5. The highest BCUT2D eigenvalue weighted by atomic mass is 32.2. The molecule has 0 bridgehead atoms. The predicted molar refractivity (Wildman–Crippen MR) is 303 cm³/mol. The highest BCUT2D eigenvalue weighted by Crippen LogP contribution is 2.24. The molecule has 1 rings (SSSR count). The van der Waals surface area contributed by atoms with Gasteiger partial charge in [0, 0.05) is 12.8 Å². The number of rotatable bonds is 56. The van der Waals surface area contributed by atoms with Gasteiger partial charge in [0.25, 0.3) is 10.1 Å². The number of aliphatic hydroxyl groups excluding tert-OH is 3. The summed E-state index contributed by atoms with van der Waals surface area (Å²) in [6.07, 6.45) is 50.1. The first kappa shape index (κ1) is 70.7. The zero-order valence-electron chi connectivity index (χ0n) is 48.0. The van der Waals surface area contributed by atoms with E-state index in [-0.39, 0.29) is 19.4 Å². The Kier molecular flexibility index (Phi) is 48.8. The summed E-state index contributed by atoms with van der Waals surface area (Å²) in [5.41, 5.74) is 0. The maximum Gasteiger partial charge on any atom is 0.306 e. The van der Waals surface area contributed by atoms with Crippen molar-refractivity contribution in [2.75, 3.05) is 19.0 Å². The maximum atomic E-state index is 13.0. The van der Waals surface area contributed by atoms with E-state index in [0.29, 0.717) is 12.8 Å². The Morgan fingerprint density at radius 2 is 0.689 bits per heavy atom. The zero-order chi connectivity index (χ0) is 54.0. The van der Waals surface area contributed by atoms with Crippen LogP contribution in [0.1, 0.15) is 322 Å². The Morgan fingerprint density at radius 1 is 0.405 bits per heavy atom. The smallest absolute Gasteiger partial charge is 0.306 e. The number of hydrogen-bond acceptors (Lipinski definition) is 11. The van der Waals surface area contributed by atoms with Crippen LogP contribution in [-0.4, -0.2) is 96.0 Å². The lowest BCUT2D eigenvalue weighted by atomic mass is 10.00. The minimum Gasteiger partial charge on any atom is -0.462 e. The Balaban J connectivity index is 2.24. The summed E-state index contributed by atoms with van der Waals surface area (Å²) in [5, 5.41) is 31.1. The lowest BCUT2D eigenvalue weighted by Crippen LogP contribution is -2.60. The molecule has 12 nitrogen and oxygen atoms in total. The van der Waals surface area contributed by atoms with E-state index in [0.717, 1.165) is 38.5 Å². The zero-order valence-corrected chi connectivity index (χ0v) is 48.8. The average molecular weight is 1080 g/mol. The Hall–Kier alpha value is -1.35. The number of aliphatic hydroxyl groups is 3. The second kappa shape index (κ2) is 51.1. The monoisotopic (exact) mass is 1070 g/mol. The molecule has 0 aromatic carbocycles. The molecule has 0 aromatic heterocycles. The second-order valence-electron chi connectivity index (χ2n) is 22.4. The third-order valence-corrected chi connectivity index (χ3v) is 15.9. The van der Waals surface area contributed by atoms with Crippen LogP contribution in [0.15, 0.2) is 0 Å². The molecule has 0 aromatic rings. The molecular weight excluding hydrogens is 957 g/mol. The molecule has 1 aliphatic heterocycles. The SMILES string of the molecule is CCCCCCCCCCCCCCCCCCCCCCCCCCC(=O)OC(COC(=O)CCCCCCCCCCCCCCCCCCCCCCCC)COC1OC(CS(=O)(=O)O)C(O)C(O)C1O. The van der Waals surface area contributed by atoms with E-state index < -0.39 is 71.2 Å². The minimum atomic E-state index is -4.60. The van der Waals surface area contributed by atoms with E-state index in [1.165, 1.54) is 244 Å². The van der Waals surface area contributed by atoms with Crippen molar-refractivity contribution in [3.8, 4) is 0 Å². The molecule has 1 aliphatic rings. The van der Waals surface area contributed by atoms with E-state index in [9.17, 15) is 37.9 Å². The fourth-order valence-corrected chi connectivity index (χ4v) is 11.0. The van der Waals surface area contributed by atoms with Crippen molar-refractivity contribution in [1.82, 2.24) is 0 Å². The molecule has 0 spiro atoms. The summed E-state index contributed by atoms with van der Waals surface area (Å²) in [5.74, 6) is -1.95. The number of carbonyl (C=O) groups excluding carboxylic acids is 2. The molecule has 1 fully saturated rings. The standard InChI is InChI=1S/C61H118O12S/c1-3-5-7-9-11-13-15-17-19-21-23-25-27-28-30-32-34-36-38-40-42-44-46-48-50-57(63)72-54(52-71-61-60(66)59(65)58(64)55(73-61)53-74(67,68)69)51-70-56(62)49-47-45-43-41-39-37-35-33-31-29-26-24-22-20-18-16-14-12-10-8-6-4-2/h54-55,58-61,64-66H,3-53H2,1-2H3,(H,67,68,69). The molecule has 0 radical (unpaired) electrons. The number of unbranched alkanes of at least 4 members (excludes halogenated alkanes) is 44. The highest BCUT2D eigenvalue weighted by molar-refractivity contribution is 7.85. The highest BCUT2D eigenvalue weighted by Gasteiger charge is 2.46. The van der Waals surface area contributed by atoms with Gasteiger partial charge in [0.15, 0.2) is 12.4 Å². The van der Waals surface area contributed by atoms with Crippen molar-refractivity contribution >= 4 is 22.1 Å². The van der Waals surface area contributed by atoms with Gasteiger partial charge in [-0.15, -0.1) is 0 Å². The van der Waals surface area contributed by atoms with Crippen LogP contribution in [-0.2, 0) is 38.7 Å². The second-order valence-corrected chi connectivity index (χ2v) is 23.9. The Morgan fingerprint density at radius 3 is 0.986 bits per heavy atom. The molecule has 4 N–H and O–H groups in total. The molecule has 440 valence electrons. The van der Waals surface area contributed by atoms with Crippen molar-refractivity contribution in [2.24, 2.45) is 0 Å². The van der Waals surface area contributed by atoms with Crippen molar-refractivity contribution in [1.29, 1.82) is 0 Å². The summed E-state index contributed by atoms with van der Waals surface area (Å²) in [6.45, 7) is 3.85. The molecule has 1 heterocycles. The van der Waals surface area contributed by atoms with Gasteiger partial charge in [0.2, 0.25) is 0 Å². The van der Waals surface area contributed by atoms with Crippen LogP contribution in [0, 0.1) is 0 Å². The van der Waals surface area contributed by atoms with Gasteiger partial charge >= 0.3 is 11.9 Å². The van der Waals surface area contributed by atoms with E-state index in [4.69, 9.17) is 18.9 Å². The summed E-state index contributed by atoms with van der Waals surface area (Å²) in [7, 11) is -4.60. The van der Waals surface area contributed by atoms with Gasteiger partial charge in [-0.25, -0.2) is 0 Å². The molecule has 74 heavy (non-hydrogen) atoms. The van der Waals surface area contributed by atoms with Crippen LogP contribution in [0.4, 0.5) is 0 Å². The molecule has 6 unspecified atom stereocenters. The summed E-state index contributed by atoms with van der Waals surface area (Å²) in [6, 6.07) is 0. The van der Waals surface area contributed by atoms with Crippen molar-refractivity contribution in [3.05, 3.63) is 0 Å². The third kappa shape index (κ3) is 44.6. The minimum absolute atomic E-state index is 0.174. The first-order valence-corrected chi connectivity index (χ1v) is 33.2. The number of carbonyl (C=O) groups is 2. The molecule has 0 amide bonds. The number of hydrogen-bond donors (Lipinski definition) is 4. The fourth-order valence-electron chi connectivity index (χ4n) is 10.3. The molecule has 13 heteroatoms. The molecule has 0 aliphatic carbocycles. The van der Waals surface area contributed by atoms with Crippen molar-refractivity contribution < 1.29 is 56.8 Å². The number of esters is 2. The Labute approximate surface area is 454 Å². The first-order valence-electron chi connectivity index (χ1n) is 31.6.